The molecule has 2 unspecified atom stereocenters. The highest BCUT2D eigenvalue weighted by atomic mass is 16.5. The highest BCUT2D eigenvalue weighted by Crippen LogP contribution is 2.48. The average molecular weight is 329 g/mol. The lowest BCUT2D eigenvalue weighted by molar-refractivity contribution is -0.0545. The van der Waals surface area contributed by atoms with Gasteiger partial charge in [0, 0.05) is 31.1 Å². The lowest BCUT2D eigenvalue weighted by Crippen LogP contribution is -2.40. The second kappa shape index (κ2) is 6.49. The van der Waals surface area contributed by atoms with Gasteiger partial charge in [-0.1, -0.05) is 23.3 Å². The van der Waals surface area contributed by atoms with Crippen LogP contribution >= 0.6 is 0 Å². The Morgan fingerprint density at radius 1 is 1.21 bits per heavy atom. The summed E-state index contributed by atoms with van der Waals surface area (Å²) in [5.41, 5.74) is 0.966. The van der Waals surface area contributed by atoms with Crippen LogP contribution in [0.3, 0.4) is 0 Å². The van der Waals surface area contributed by atoms with E-state index >= 15 is 0 Å². The first-order valence-corrected chi connectivity index (χ1v) is 8.62. The fourth-order valence-corrected chi connectivity index (χ4v) is 4.08. The van der Waals surface area contributed by atoms with Crippen LogP contribution < -0.4 is 5.32 Å². The molecule has 2 aromatic rings. The smallest absolute Gasteiger partial charge is 0.247 e. The summed E-state index contributed by atoms with van der Waals surface area (Å²) < 4.78 is 7.15. The number of benzene rings is 1. The number of tetrazole rings is 1. The minimum absolute atomic E-state index is 0.0515. The first-order valence-electron chi connectivity index (χ1n) is 8.62. The number of hydrogen-bond acceptors (Lipinski definition) is 6. The zero-order valence-corrected chi connectivity index (χ0v) is 13.6. The van der Waals surface area contributed by atoms with Crippen molar-refractivity contribution in [3.63, 3.8) is 0 Å². The maximum absolute atomic E-state index is 10.8. The molecule has 24 heavy (non-hydrogen) atoms. The zero-order chi connectivity index (χ0) is 16.4. The standard InChI is InChI=1S/C17H23N5O2/c23-15-13(6-7-17(15)8-10-24-11-9-17)12-18-16-19-20-21-22(16)14-4-2-1-3-5-14/h1-5,13,15,23H,6-12H2,(H,18,19,21). The number of aromatic nitrogens is 4. The minimum Gasteiger partial charge on any atom is -0.392 e. The Bertz CT molecular complexity index is 669. The van der Waals surface area contributed by atoms with Crippen molar-refractivity contribution in [3.8, 4) is 5.69 Å². The number of aliphatic hydroxyl groups excluding tert-OH is 1. The molecule has 1 aromatic heterocycles. The fourth-order valence-electron chi connectivity index (χ4n) is 4.08. The van der Waals surface area contributed by atoms with Crippen LogP contribution in [-0.4, -0.2) is 51.2 Å². The predicted octanol–water partition coefficient (Wildman–Crippen LogP) is 1.64. The van der Waals surface area contributed by atoms with Gasteiger partial charge in [0.2, 0.25) is 5.95 Å². The molecule has 2 N–H and O–H groups in total. The van der Waals surface area contributed by atoms with E-state index in [0.29, 0.717) is 12.5 Å². The fraction of sp³-hybridized carbons (Fsp3) is 0.588. The maximum Gasteiger partial charge on any atom is 0.247 e. The van der Waals surface area contributed by atoms with Gasteiger partial charge in [0.05, 0.1) is 11.8 Å². The lowest BCUT2D eigenvalue weighted by atomic mass is 9.76. The Balaban J connectivity index is 1.42. The summed E-state index contributed by atoms with van der Waals surface area (Å²) in [5.74, 6) is 0.838. The van der Waals surface area contributed by atoms with E-state index in [4.69, 9.17) is 4.74 Å². The van der Waals surface area contributed by atoms with Gasteiger partial charge in [-0.2, -0.15) is 4.68 Å². The van der Waals surface area contributed by atoms with Gasteiger partial charge in [-0.05, 0) is 48.2 Å². The molecule has 1 saturated heterocycles. The summed E-state index contributed by atoms with van der Waals surface area (Å²) in [6.45, 7) is 2.21. The number of hydrogen-bond donors (Lipinski definition) is 2. The number of rotatable bonds is 4. The molecular weight excluding hydrogens is 306 g/mol. The van der Waals surface area contributed by atoms with Gasteiger partial charge < -0.3 is 15.2 Å². The molecule has 1 saturated carbocycles. The van der Waals surface area contributed by atoms with Gasteiger partial charge in [0.25, 0.3) is 0 Å². The Morgan fingerprint density at radius 3 is 2.79 bits per heavy atom. The number of anilines is 1. The van der Waals surface area contributed by atoms with Crippen LogP contribution in [0.15, 0.2) is 30.3 Å². The summed E-state index contributed by atoms with van der Waals surface area (Å²) in [4.78, 5) is 0. The summed E-state index contributed by atoms with van der Waals surface area (Å²) >= 11 is 0. The first-order chi connectivity index (χ1) is 11.8. The molecule has 0 amide bonds. The van der Waals surface area contributed by atoms with Gasteiger partial charge in [-0.25, -0.2) is 0 Å². The van der Waals surface area contributed by atoms with Gasteiger partial charge >= 0.3 is 0 Å². The molecule has 1 aliphatic heterocycles. The molecule has 4 rings (SSSR count). The van der Waals surface area contributed by atoms with Crippen molar-refractivity contribution in [2.24, 2.45) is 11.3 Å². The van der Waals surface area contributed by atoms with Crippen LogP contribution in [0.2, 0.25) is 0 Å². The van der Waals surface area contributed by atoms with Gasteiger partial charge in [-0.15, -0.1) is 0 Å². The van der Waals surface area contributed by atoms with E-state index < -0.39 is 0 Å². The van der Waals surface area contributed by atoms with E-state index in [9.17, 15) is 5.11 Å². The Hall–Kier alpha value is -1.99. The second-order valence-electron chi connectivity index (χ2n) is 6.85. The molecule has 2 atom stereocenters. The van der Waals surface area contributed by atoms with Gasteiger partial charge in [0.15, 0.2) is 0 Å². The summed E-state index contributed by atoms with van der Waals surface area (Å²) in [5, 5.41) is 26.0. The minimum atomic E-state index is -0.282. The summed E-state index contributed by atoms with van der Waals surface area (Å²) in [6.07, 6.45) is 3.75. The van der Waals surface area contributed by atoms with E-state index in [1.807, 2.05) is 30.3 Å². The lowest BCUT2D eigenvalue weighted by Gasteiger charge is -2.37. The number of aliphatic hydroxyl groups is 1. The maximum atomic E-state index is 10.8. The molecule has 1 aromatic carbocycles. The van der Waals surface area contributed by atoms with Crippen molar-refractivity contribution in [2.45, 2.75) is 31.8 Å². The van der Waals surface area contributed by atoms with Crippen molar-refractivity contribution < 1.29 is 9.84 Å². The quantitative estimate of drug-likeness (QED) is 0.887. The third-order valence-electron chi connectivity index (χ3n) is 5.57. The van der Waals surface area contributed by atoms with Crippen LogP contribution in [0.5, 0.6) is 0 Å². The van der Waals surface area contributed by atoms with Crippen molar-refractivity contribution in [1.82, 2.24) is 20.2 Å². The third kappa shape index (κ3) is 2.78. The van der Waals surface area contributed by atoms with Crippen LogP contribution in [0, 0.1) is 11.3 Å². The van der Waals surface area contributed by atoms with Gasteiger partial charge in [0.1, 0.15) is 0 Å². The Labute approximate surface area is 141 Å². The highest BCUT2D eigenvalue weighted by molar-refractivity contribution is 5.38. The van der Waals surface area contributed by atoms with Crippen LogP contribution in [0.25, 0.3) is 5.69 Å². The molecule has 1 spiro atoms. The molecule has 2 aliphatic rings. The highest BCUT2D eigenvalue weighted by Gasteiger charge is 2.48. The van der Waals surface area contributed by atoms with Crippen LogP contribution in [0.4, 0.5) is 5.95 Å². The zero-order valence-electron chi connectivity index (χ0n) is 13.6. The van der Waals surface area contributed by atoms with Crippen molar-refractivity contribution in [2.75, 3.05) is 25.1 Å². The van der Waals surface area contributed by atoms with Crippen LogP contribution in [0.1, 0.15) is 25.7 Å². The average Bonchev–Trinajstić information content (AvgIpc) is 3.21. The Morgan fingerprint density at radius 2 is 2.00 bits per heavy atom. The number of para-hydroxylation sites is 1. The second-order valence-corrected chi connectivity index (χ2v) is 6.85. The molecule has 2 fully saturated rings. The largest absolute Gasteiger partial charge is 0.392 e. The Kier molecular flexibility index (Phi) is 4.20. The monoisotopic (exact) mass is 329 g/mol. The van der Waals surface area contributed by atoms with E-state index in [-0.39, 0.29) is 17.4 Å². The van der Waals surface area contributed by atoms with E-state index in [1.54, 1.807) is 4.68 Å². The van der Waals surface area contributed by atoms with Crippen molar-refractivity contribution >= 4 is 5.95 Å². The number of nitrogens with one attached hydrogen (secondary N) is 1. The van der Waals surface area contributed by atoms with Crippen molar-refractivity contribution in [1.29, 1.82) is 0 Å². The summed E-state index contributed by atoms with van der Waals surface area (Å²) in [6, 6.07) is 9.79. The first kappa shape index (κ1) is 15.5. The molecule has 128 valence electrons. The van der Waals surface area contributed by atoms with Crippen LogP contribution in [-0.2, 0) is 4.74 Å². The number of nitrogens with zero attached hydrogens (tertiary/aromatic N) is 4. The molecule has 1 aliphatic carbocycles. The normalized spacial score (nSPS) is 25.9. The molecule has 7 nitrogen and oxygen atoms in total. The molecule has 0 bridgehead atoms. The van der Waals surface area contributed by atoms with E-state index in [2.05, 4.69) is 20.8 Å². The number of ether oxygens (including phenoxy) is 1. The van der Waals surface area contributed by atoms with E-state index in [0.717, 1.165) is 44.6 Å². The predicted molar refractivity (Wildman–Crippen MR) is 88.9 cm³/mol. The SMILES string of the molecule is OC1C(CNc2nnnn2-c2ccccc2)CCC12CCOCC2. The van der Waals surface area contributed by atoms with E-state index in [1.165, 1.54) is 0 Å². The molecule has 7 heteroatoms. The summed E-state index contributed by atoms with van der Waals surface area (Å²) in [7, 11) is 0. The van der Waals surface area contributed by atoms with Gasteiger partial charge in [-0.3, -0.25) is 0 Å². The molecule has 2 heterocycles. The molecular formula is C17H23N5O2. The molecule has 0 radical (unpaired) electrons. The van der Waals surface area contributed by atoms with Crippen molar-refractivity contribution in [3.05, 3.63) is 30.3 Å². The third-order valence-corrected chi connectivity index (χ3v) is 5.57. The topological polar surface area (TPSA) is 85.1 Å².